The van der Waals surface area contributed by atoms with Crippen molar-refractivity contribution in [1.29, 1.82) is 0 Å². The van der Waals surface area contributed by atoms with Crippen LogP contribution in [0.1, 0.15) is 13.3 Å². The zero-order chi connectivity index (χ0) is 18.1. The Morgan fingerprint density at radius 3 is 2.85 bits per heavy atom. The summed E-state index contributed by atoms with van der Waals surface area (Å²) in [7, 11) is 1.97. The number of allylic oxidation sites excluding steroid dienone is 2. The molecule has 4 rings (SSSR count). The van der Waals surface area contributed by atoms with Crippen molar-refractivity contribution in [3.8, 4) is 11.3 Å². The number of carbonyl (C=O) groups excluding carboxylic acids is 1. The van der Waals surface area contributed by atoms with Crippen molar-refractivity contribution in [2.24, 2.45) is 7.05 Å². The largest absolute Gasteiger partial charge is 0.334 e. The molecule has 3 heterocycles. The summed E-state index contributed by atoms with van der Waals surface area (Å²) < 4.78 is 1.98. The fourth-order valence-corrected chi connectivity index (χ4v) is 3.60. The summed E-state index contributed by atoms with van der Waals surface area (Å²) in [5.74, 6) is 0.436. The first kappa shape index (κ1) is 16.6. The fourth-order valence-electron chi connectivity index (χ4n) is 2.84. The number of nitrogens with one attached hydrogen (secondary N) is 1. The molecule has 0 saturated heterocycles. The lowest BCUT2D eigenvalue weighted by molar-refractivity contribution is -0.112. The molecule has 0 saturated carbocycles. The van der Waals surface area contributed by atoms with Gasteiger partial charge in [-0.3, -0.25) is 4.79 Å². The van der Waals surface area contributed by atoms with E-state index in [4.69, 9.17) is 0 Å². The second-order valence-electron chi connectivity index (χ2n) is 6.33. The van der Waals surface area contributed by atoms with Gasteiger partial charge in [-0.05, 0) is 36.3 Å². The Balaban J connectivity index is 1.60. The van der Waals surface area contributed by atoms with Gasteiger partial charge in [0.05, 0.1) is 23.1 Å². The maximum atomic E-state index is 12.4. The number of nitrogens with zero attached hydrogens (tertiary/aromatic N) is 3. The van der Waals surface area contributed by atoms with E-state index < -0.39 is 0 Å². The highest BCUT2D eigenvalue weighted by Crippen LogP contribution is 2.28. The molecule has 3 aromatic rings. The lowest BCUT2D eigenvalue weighted by Gasteiger charge is -2.11. The monoisotopic (exact) mass is 362 g/mol. The standard InChI is InChI=1S/C20H18N4OS/c1-13-3-6-18(26-11-13)20(25)23-19-8-16-7-14(4-5-15(16)9-22-19)17-10-21-12-24(17)2/h4-12H,3H2,1-2H3,(H,22,23,25). The van der Waals surface area contributed by atoms with Crippen molar-refractivity contribution in [1.82, 2.24) is 14.5 Å². The molecule has 1 amide bonds. The molecule has 1 N–H and O–H groups in total. The first-order valence-corrected chi connectivity index (χ1v) is 9.18. The third-order valence-electron chi connectivity index (χ3n) is 4.30. The number of fused-ring (bicyclic) bond motifs is 1. The van der Waals surface area contributed by atoms with E-state index in [0.29, 0.717) is 10.7 Å². The number of carbonyl (C=O) groups is 1. The Labute approximate surface area is 155 Å². The molecule has 6 heteroatoms. The van der Waals surface area contributed by atoms with Crippen LogP contribution in [0.3, 0.4) is 0 Å². The number of hydrogen-bond donors (Lipinski definition) is 1. The molecule has 0 atom stereocenters. The highest BCUT2D eigenvalue weighted by Gasteiger charge is 2.13. The van der Waals surface area contributed by atoms with Gasteiger partial charge in [-0.25, -0.2) is 9.97 Å². The topological polar surface area (TPSA) is 59.8 Å². The second kappa shape index (κ2) is 6.80. The highest BCUT2D eigenvalue weighted by atomic mass is 32.2. The molecule has 0 bridgehead atoms. The first-order chi connectivity index (χ1) is 12.6. The highest BCUT2D eigenvalue weighted by molar-refractivity contribution is 8.06. The summed E-state index contributed by atoms with van der Waals surface area (Å²) in [4.78, 5) is 21.7. The van der Waals surface area contributed by atoms with Gasteiger partial charge in [-0.2, -0.15) is 0 Å². The van der Waals surface area contributed by atoms with Crippen molar-refractivity contribution in [3.63, 3.8) is 0 Å². The van der Waals surface area contributed by atoms with Gasteiger partial charge in [0.25, 0.3) is 5.91 Å². The minimum absolute atomic E-state index is 0.117. The van der Waals surface area contributed by atoms with Crippen LogP contribution >= 0.6 is 11.8 Å². The maximum absolute atomic E-state index is 12.4. The molecule has 1 aliphatic rings. The molecule has 26 heavy (non-hydrogen) atoms. The molecule has 5 nitrogen and oxygen atoms in total. The van der Waals surface area contributed by atoms with E-state index in [1.807, 2.05) is 41.4 Å². The molecule has 0 spiro atoms. The van der Waals surface area contributed by atoms with Crippen LogP contribution in [-0.2, 0) is 11.8 Å². The molecular weight excluding hydrogens is 344 g/mol. The number of anilines is 1. The van der Waals surface area contributed by atoms with E-state index in [0.717, 1.165) is 28.5 Å². The summed E-state index contributed by atoms with van der Waals surface area (Å²) in [6, 6.07) is 8.08. The van der Waals surface area contributed by atoms with Crippen molar-refractivity contribution >= 4 is 34.3 Å². The lowest BCUT2D eigenvalue weighted by atomic mass is 10.1. The van der Waals surface area contributed by atoms with Gasteiger partial charge in [-0.1, -0.05) is 35.5 Å². The quantitative estimate of drug-likeness (QED) is 0.745. The number of rotatable bonds is 3. The van der Waals surface area contributed by atoms with Gasteiger partial charge in [0.2, 0.25) is 0 Å². The molecule has 0 aliphatic carbocycles. The summed E-state index contributed by atoms with van der Waals surface area (Å²) >= 11 is 1.45. The number of amides is 1. The Hall–Kier alpha value is -2.86. The summed E-state index contributed by atoms with van der Waals surface area (Å²) in [5, 5.41) is 6.96. The molecule has 0 fully saturated rings. The van der Waals surface area contributed by atoms with E-state index in [2.05, 4.69) is 34.3 Å². The van der Waals surface area contributed by atoms with E-state index >= 15 is 0 Å². The van der Waals surface area contributed by atoms with Crippen LogP contribution in [0, 0.1) is 0 Å². The Bertz CT molecular complexity index is 1060. The minimum atomic E-state index is -0.117. The number of pyridine rings is 1. The van der Waals surface area contributed by atoms with Crippen molar-refractivity contribution in [2.75, 3.05) is 5.32 Å². The predicted molar refractivity (Wildman–Crippen MR) is 107 cm³/mol. The molecule has 1 aromatic carbocycles. The van der Waals surface area contributed by atoms with Crippen LogP contribution in [-0.4, -0.2) is 20.4 Å². The van der Waals surface area contributed by atoms with E-state index in [1.54, 1.807) is 12.5 Å². The lowest BCUT2D eigenvalue weighted by Crippen LogP contribution is -2.14. The SMILES string of the molecule is CC1=CSC(C(=O)Nc2cc3cc(-c4cncn4C)ccc3cn2)=CC1. The molecule has 1 aliphatic heterocycles. The van der Waals surface area contributed by atoms with Crippen LogP contribution in [0.25, 0.3) is 22.0 Å². The van der Waals surface area contributed by atoms with Gasteiger partial charge in [0, 0.05) is 24.2 Å². The number of imidazole rings is 1. The minimum Gasteiger partial charge on any atom is -0.334 e. The third-order valence-corrected chi connectivity index (χ3v) is 5.42. The third kappa shape index (κ3) is 3.28. The summed E-state index contributed by atoms with van der Waals surface area (Å²) in [6.45, 7) is 2.06. The van der Waals surface area contributed by atoms with Crippen LogP contribution in [0.15, 0.2) is 64.9 Å². The van der Waals surface area contributed by atoms with Crippen LogP contribution in [0.5, 0.6) is 0 Å². The fraction of sp³-hybridized carbons (Fsp3) is 0.150. The number of hydrogen-bond acceptors (Lipinski definition) is 4. The van der Waals surface area contributed by atoms with E-state index in [9.17, 15) is 4.79 Å². The van der Waals surface area contributed by atoms with Gasteiger partial charge in [0.1, 0.15) is 5.82 Å². The molecular formula is C20H18N4OS. The maximum Gasteiger partial charge on any atom is 0.263 e. The average Bonchev–Trinajstić information content (AvgIpc) is 3.07. The Morgan fingerprint density at radius 1 is 1.23 bits per heavy atom. The van der Waals surface area contributed by atoms with Crippen LogP contribution in [0.4, 0.5) is 5.82 Å². The van der Waals surface area contributed by atoms with Crippen molar-refractivity contribution in [2.45, 2.75) is 13.3 Å². The van der Waals surface area contributed by atoms with E-state index in [-0.39, 0.29) is 5.91 Å². The smallest absolute Gasteiger partial charge is 0.263 e. The predicted octanol–water partition coefficient (Wildman–Crippen LogP) is 4.50. The molecule has 0 unspecified atom stereocenters. The second-order valence-corrected chi connectivity index (χ2v) is 7.24. The first-order valence-electron chi connectivity index (χ1n) is 8.30. The number of aryl methyl sites for hydroxylation is 1. The number of benzene rings is 1. The summed E-state index contributed by atoms with van der Waals surface area (Å²) in [6.07, 6.45) is 8.17. The average molecular weight is 362 g/mol. The van der Waals surface area contributed by atoms with Crippen LogP contribution in [0.2, 0.25) is 0 Å². The zero-order valence-corrected chi connectivity index (χ0v) is 15.4. The van der Waals surface area contributed by atoms with Gasteiger partial charge >= 0.3 is 0 Å². The molecule has 0 radical (unpaired) electrons. The van der Waals surface area contributed by atoms with Crippen LogP contribution < -0.4 is 5.32 Å². The Morgan fingerprint density at radius 2 is 2.12 bits per heavy atom. The number of aromatic nitrogens is 3. The Kier molecular flexibility index (Phi) is 4.34. The number of thioether (sulfide) groups is 1. The zero-order valence-electron chi connectivity index (χ0n) is 14.6. The summed E-state index contributed by atoms with van der Waals surface area (Å²) in [5.41, 5.74) is 3.38. The van der Waals surface area contributed by atoms with Crippen molar-refractivity contribution in [3.05, 3.63) is 64.9 Å². The van der Waals surface area contributed by atoms with Gasteiger partial charge < -0.3 is 9.88 Å². The van der Waals surface area contributed by atoms with Gasteiger partial charge in [-0.15, -0.1) is 0 Å². The van der Waals surface area contributed by atoms with E-state index in [1.165, 1.54) is 17.3 Å². The normalized spacial score (nSPS) is 14.1. The van der Waals surface area contributed by atoms with Crippen molar-refractivity contribution < 1.29 is 4.79 Å². The molecule has 130 valence electrons. The van der Waals surface area contributed by atoms with Gasteiger partial charge in [0.15, 0.2) is 0 Å². The molecule has 2 aromatic heterocycles.